The predicted octanol–water partition coefficient (Wildman–Crippen LogP) is 3.00. The van der Waals surface area contributed by atoms with Crippen LogP contribution in [-0.4, -0.2) is 34.3 Å². The molecule has 128 valence electrons. The zero-order chi connectivity index (χ0) is 18.2. The molecule has 3 rings (SSSR count). The summed E-state index contributed by atoms with van der Waals surface area (Å²) in [6.07, 6.45) is 6.97. The highest BCUT2D eigenvalue weighted by atomic mass is 35.5. The van der Waals surface area contributed by atoms with E-state index in [0.29, 0.717) is 17.6 Å². The van der Waals surface area contributed by atoms with E-state index in [9.17, 15) is 8.42 Å². The first-order valence-electron chi connectivity index (χ1n) is 7.05. The second-order valence-corrected chi connectivity index (χ2v) is 7.88. The number of fused-ring (bicyclic) bond motifs is 1. The van der Waals surface area contributed by atoms with E-state index >= 15 is 0 Å². The molecule has 0 aliphatic carbocycles. The second-order valence-electron chi connectivity index (χ2n) is 5.21. The minimum absolute atomic E-state index is 0.0659. The van der Waals surface area contributed by atoms with E-state index < -0.39 is 10.0 Å². The van der Waals surface area contributed by atoms with E-state index in [1.807, 2.05) is 10.8 Å². The molecule has 2 aromatic heterocycles. The van der Waals surface area contributed by atoms with Gasteiger partial charge in [0.2, 0.25) is 5.28 Å². The maximum Gasteiger partial charge on any atom is 0.270 e. The normalized spacial score (nSPS) is 11.4. The summed E-state index contributed by atoms with van der Waals surface area (Å²) in [6, 6.07) is 10.3. The Morgan fingerprint density at radius 2 is 1.88 bits per heavy atom. The average molecular weight is 395 g/mol. The molecular formula is C16H12Cl2N4O2S. The summed E-state index contributed by atoms with van der Waals surface area (Å²) in [7, 11) is -2.36. The number of hydrogen-bond donors (Lipinski definition) is 0. The lowest BCUT2D eigenvalue weighted by Crippen LogP contribution is -2.21. The highest BCUT2D eigenvalue weighted by Gasteiger charge is 2.18. The third-order valence-electron chi connectivity index (χ3n) is 3.66. The van der Waals surface area contributed by atoms with Gasteiger partial charge in [0.25, 0.3) is 10.0 Å². The monoisotopic (exact) mass is 394 g/mol. The number of halogens is 2. The summed E-state index contributed by atoms with van der Waals surface area (Å²) in [4.78, 5) is 8.22. The lowest BCUT2D eigenvalue weighted by molar-refractivity contribution is 0.547. The van der Waals surface area contributed by atoms with Gasteiger partial charge in [-0.3, -0.25) is 0 Å². The summed E-state index contributed by atoms with van der Waals surface area (Å²) in [5, 5.41) is 1.05. The number of terminal acetylenes is 1. The van der Waals surface area contributed by atoms with Crippen molar-refractivity contribution in [3.05, 3.63) is 52.5 Å². The molecule has 0 unspecified atom stereocenters. The van der Waals surface area contributed by atoms with Crippen LogP contribution >= 0.6 is 23.2 Å². The number of sulfonamides is 1. The van der Waals surface area contributed by atoms with Crippen molar-refractivity contribution in [2.24, 2.45) is 0 Å². The van der Waals surface area contributed by atoms with Crippen molar-refractivity contribution < 1.29 is 8.42 Å². The van der Waals surface area contributed by atoms with Gasteiger partial charge in [-0.05, 0) is 35.4 Å². The van der Waals surface area contributed by atoms with Crippen LogP contribution in [0.5, 0.6) is 0 Å². The summed E-state index contributed by atoms with van der Waals surface area (Å²) < 4.78 is 27.0. The van der Waals surface area contributed by atoms with Crippen LogP contribution in [0.1, 0.15) is 5.56 Å². The molecule has 0 saturated heterocycles. The van der Waals surface area contributed by atoms with E-state index in [1.54, 1.807) is 18.2 Å². The van der Waals surface area contributed by atoms with Crippen LogP contribution in [-0.2, 0) is 16.6 Å². The molecule has 0 spiro atoms. The fourth-order valence-electron chi connectivity index (χ4n) is 2.32. The van der Waals surface area contributed by atoms with Crippen LogP contribution in [0.25, 0.3) is 11.0 Å². The second kappa shape index (κ2) is 6.56. The lowest BCUT2D eigenvalue weighted by Gasteiger charge is -2.12. The molecule has 25 heavy (non-hydrogen) atoms. The zero-order valence-electron chi connectivity index (χ0n) is 13.0. The first-order valence-corrected chi connectivity index (χ1v) is 9.24. The summed E-state index contributed by atoms with van der Waals surface area (Å²) in [5.41, 5.74) is 1.49. The number of benzene rings is 1. The van der Waals surface area contributed by atoms with Crippen LogP contribution in [0.4, 0.5) is 0 Å². The van der Waals surface area contributed by atoms with E-state index in [2.05, 4.69) is 16.0 Å². The summed E-state index contributed by atoms with van der Waals surface area (Å²) in [5.74, 6) is 0. The molecule has 0 amide bonds. The minimum atomic E-state index is -3.68. The van der Waals surface area contributed by atoms with Gasteiger partial charge < -0.3 is 4.57 Å². The molecule has 6 nitrogen and oxygen atoms in total. The lowest BCUT2D eigenvalue weighted by atomic mass is 10.2. The van der Waals surface area contributed by atoms with Crippen molar-refractivity contribution in [3.63, 3.8) is 0 Å². The Bertz CT molecular complexity index is 1090. The molecule has 0 bridgehead atoms. The van der Waals surface area contributed by atoms with Gasteiger partial charge >= 0.3 is 0 Å². The quantitative estimate of drug-likeness (QED) is 0.295. The maximum atomic E-state index is 12.2. The van der Waals surface area contributed by atoms with Crippen LogP contribution in [0, 0.1) is 12.5 Å². The molecule has 9 heteroatoms. The van der Waals surface area contributed by atoms with Crippen LogP contribution < -0.4 is 0 Å². The highest BCUT2D eigenvalue weighted by Crippen LogP contribution is 2.24. The standard InChI is InChI=1S/C16H12Cl2N4O2S/c1-3-21(2)25(23,24)12-6-4-11(5-7-12)10-22-9-8-13-14(17)19-16(18)20-15(13)22/h1,4-9H,10H2,2H3. The van der Waals surface area contributed by atoms with Crippen LogP contribution in [0.15, 0.2) is 41.4 Å². The topological polar surface area (TPSA) is 68.1 Å². The summed E-state index contributed by atoms with van der Waals surface area (Å²) >= 11 is 11.9. The summed E-state index contributed by atoms with van der Waals surface area (Å²) in [6.45, 7) is 0.471. The number of rotatable bonds is 4. The van der Waals surface area contributed by atoms with Gasteiger partial charge in [-0.25, -0.2) is 17.7 Å². The molecule has 0 atom stereocenters. The Kier molecular flexibility index (Phi) is 4.60. The highest BCUT2D eigenvalue weighted by molar-refractivity contribution is 7.89. The molecule has 2 heterocycles. The molecule has 0 fully saturated rings. The minimum Gasteiger partial charge on any atom is -0.328 e. The van der Waals surface area contributed by atoms with Gasteiger partial charge in [0.05, 0.1) is 10.3 Å². The number of nitrogens with zero attached hydrogens (tertiary/aromatic N) is 4. The zero-order valence-corrected chi connectivity index (χ0v) is 15.3. The number of aromatic nitrogens is 3. The smallest absolute Gasteiger partial charge is 0.270 e. The van der Waals surface area contributed by atoms with Gasteiger partial charge in [0, 0.05) is 25.8 Å². The van der Waals surface area contributed by atoms with E-state index in [-0.39, 0.29) is 15.3 Å². The molecule has 0 aliphatic rings. The van der Waals surface area contributed by atoms with Crippen molar-refractivity contribution >= 4 is 44.3 Å². The first kappa shape index (κ1) is 17.5. The Labute approximate surface area is 155 Å². The molecular weight excluding hydrogens is 383 g/mol. The van der Waals surface area contributed by atoms with Gasteiger partial charge in [0.15, 0.2) is 0 Å². The van der Waals surface area contributed by atoms with Crippen molar-refractivity contribution in [1.29, 1.82) is 0 Å². The Morgan fingerprint density at radius 3 is 2.52 bits per heavy atom. The SMILES string of the molecule is C#CN(C)S(=O)(=O)c1ccc(Cn2ccc3c(Cl)nc(Cl)nc32)cc1. The van der Waals surface area contributed by atoms with Crippen LogP contribution in [0.3, 0.4) is 0 Å². The third-order valence-corrected chi connectivity index (χ3v) is 5.81. The fraction of sp³-hybridized carbons (Fsp3) is 0.125. The van der Waals surface area contributed by atoms with Gasteiger partial charge in [-0.2, -0.15) is 4.98 Å². The van der Waals surface area contributed by atoms with Crippen molar-refractivity contribution in [2.45, 2.75) is 11.4 Å². The van der Waals surface area contributed by atoms with Gasteiger partial charge in [-0.15, -0.1) is 0 Å². The molecule has 0 radical (unpaired) electrons. The molecule has 0 N–H and O–H groups in total. The molecule has 1 aromatic carbocycles. The Morgan fingerprint density at radius 1 is 1.20 bits per heavy atom. The van der Waals surface area contributed by atoms with Crippen LogP contribution in [0.2, 0.25) is 10.4 Å². The van der Waals surface area contributed by atoms with Gasteiger partial charge in [-0.1, -0.05) is 30.2 Å². The van der Waals surface area contributed by atoms with E-state index in [1.165, 1.54) is 19.2 Å². The largest absolute Gasteiger partial charge is 0.328 e. The predicted molar refractivity (Wildman–Crippen MR) is 96.9 cm³/mol. The number of hydrogen-bond acceptors (Lipinski definition) is 4. The fourth-order valence-corrected chi connectivity index (χ4v) is 3.69. The van der Waals surface area contributed by atoms with Crippen molar-refractivity contribution in [3.8, 4) is 12.5 Å². The van der Waals surface area contributed by atoms with Crippen molar-refractivity contribution in [1.82, 2.24) is 18.8 Å². The van der Waals surface area contributed by atoms with Crippen molar-refractivity contribution in [2.75, 3.05) is 7.05 Å². The Hall–Kier alpha value is -2.27. The third kappa shape index (κ3) is 3.29. The molecule has 0 aliphatic heterocycles. The maximum absolute atomic E-state index is 12.2. The average Bonchev–Trinajstić information content (AvgIpc) is 2.97. The molecule has 3 aromatic rings. The Balaban J connectivity index is 1.92. The van der Waals surface area contributed by atoms with E-state index in [4.69, 9.17) is 29.6 Å². The molecule has 0 saturated carbocycles. The van der Waals surface area contributed by atoms with E-state index in [0.717, 1.165) is 9.87 Å². The first-order chi connectivity index (χ1) is 11.8. The van der Waals surface area contributed by atoms with Gasteiger partial charge in [0.1, 0.15) is 10.8 Å².